The first-order valence-electron chi connectivity index (χ1n) is 8.57. The highest BCUT2D eigenvalue weighted by molar-refractivity contribution is 8.00. The van der Waals surface area contributed by atoms with Gasteiger partial charge in [0.25, 0.3) is 0 Å². The molecule has 0 saturated heterocycles. The Bertz CT molecular complexity index is 847. The molecule has 0 aromatic heterocycles. The fourth-order valence-corrected chi connectivity index (χ4v) is 3.14. The third-order valence-corrected chi connectivity index (χ3v) is 5.06. The zero-order valence-electron chi connectivity index (χ0n) is 14.9. The number of benzene rings is 2. The SMILES string of the molecule is COC(=O)c1ccccc1NC(=O)CSc1ccc(NC(=O)C2CC2)cc1. The van der Waals surface area contributed by atoms with Gasteiger partial charge in [0, 0.05) is 16.5 Å². The second-order valence-electron chi connectivity index (χ2n) is 6.16. The number of methoxy groups -OCH3 is 1. The Morgan fingerprint density at radius 1 is 1.04 bits per heavy atom. The zero-order valence-corrected chi connectivity index (χ0v) is 15.7. The Kier molecular flexibility index (Phi) is 6.13. The summed E-state index contributed by atoms with van der Waals surface area (Å²) < 4.78 is 4.72. The molecule has 0 heterocycles. The van der Waals surface area contributed by atoms with Gasteiger partial charge in [-0.05, 0) is 49.2 Å². The normalized spacial score (nSPS) is 12.9. The minimum atomic E-state index is -0.498. The van der Waals surface area contributed by atoms with E-state index in [1.54, 1.807) is 24.3 Å². The van der Waals surface area contributed by atoms with Crippen molar-refractivity contribution in [2.45, 2.75) is 17.7 Å². The topological polar surface area (TPSA) is 84.5 Å². The molecule has 6 nitrogen and oxygen atoms in total. The minimum absolute atomic E-state index is 0.0686. The third kappa shape index (κ3) is 5.34. The Labute approximate surface area is 161 Å². The second kappa shape index (κ2) is 8.73. The van der Waals surface area contributed by atoms with E-state index in [0.717, 1.165) is 23.4 Å². The number of amides is 2. The van der Waals surface area contributed by atoms with E-state index in [0.29, 0.717) is 11.3 Å². The predicted molar refractivity (Wildman–Crippen MR) is 105 cm³/mol. The van der Waals surface area contributed by atoms with Crippen LogP contribution in [0.3, 0.4) is 0 Å². The van der Waals surface area contributed by atoms with Crippen LogP contribution in [0.1, 0.15) is 23.2 Å². The molecule has 1 saturated carbocycles. The van der Waals surface area contributed by atoms with Gasteiger partial charge >= 0.3 is 5.97 Å². The lowest BCUT2D eigenvalue weighted by Gasteiger charge is -2.10. The van der Waals surface area contributed by atoms with Gasteiger partial charge in [-0.25, -0.2) is 4.79 Å². The number of hydrogen-bond acceptors (Lipinski definition) is 5. The lowest BCUT2D eigenvalue weighted by Crippen LogP contribution is -2.17. The summed E-state index contributed by atoms with van der Waals surface area (Å²) in [5.41, 5.74) is 1.50. The summed E-state index contributed by atoms with van der Waals surface area (Å²) in [5, 5.41) is 5.61. The van der Waals surface area contributed by atoms with E-state index in [1.165, 1.54) is 18.9 Å². The zero-order chi connectivity index (χ0) is 19.2. The van der Waals surface area contributed by atoms with Crippen LogP contribution in [0, 0.1) is 5.92 Å². The summed E-state index contributed by atoms with van der Waals surface area (Å²) in [6.45, 7) is 0. The van der Waals surface area contributed by atoms with Crippen LogP contribution in [-0.4, -0.2) is 30.6 Å². The Morgan fingerprint density at radius 3 is 2.41 bits per heavy atom. The molecule has 0 radical (unpaired) electrons. The Morgan fingerprint density at radius 2 is 1.74 bits per heavy atom. The molecule has 7 heteroatoms. The van der Waals surface area contributed by atoms with Crippen LogP contribution >= 0.6 is 11.8 Å². The molecule has 0 spiro atoms. The van der Waals surface area contributed by atoms with Crippen LogP contribution in [0.15, 0.2) is 53.4 Å². The van der Waals surface area contributed by atoms with E-state index in [4.69, 9.17) is 4.74 Å². The molecule has 2 aromatic rings. The van der Waals surface area contributed by atoms with Crippen LogP contribution in [0.2, 0.25) is 0 Å². The number of nitrogens with one attached hydrogen (secondary N) is 2. The maximum atomic E-state index is 12.2. The lowest BCUT2D eigenvalue weighted by molar-refractivity contribution is -0.117. The summed E-state index contributed by atoms with van der Waals surface area (Å²) in [7, 11) is 1.30. The number of ether oxygens (including phenoxy) is 1. The summed E-state index contributed by atoms with van der Waals surface area (Å²) >= 11 is 1.37. The number of carbonyl (C=O) groups excluding carboxylic acids is 3. The molecular weight excluding hydrogens is 364 g/mol. The maximum absolute atomic E-state index is 12.2. The standard InChI is InChI=1S/C20H20N2O4S/c1-26-20(25)16-4-2-3-5-17(16)22-18(23)12-27-15-10-8-14(9-11-15)21-19(24)13-6-7-13/h2-5,8-11,13H,6-7,12H2,1H3,(H,21,24)(H,22,23). The highest BCUT2D eigenvalue weighted by Gasteiger charge is 2.29. The molecule has 0 bridgehead atoms. The first-order chi connectivity index (χ1) is 13.1. The quantitative estimate of drug-likeness (QED) is 0.563. The molecule has 0 unspecified atom stereocenters. The molecule has 1 fully saturated rings. The van der Waals surface area contributed by atoms with E-state index in [-0.39, 0.29) is 23.5 Å². The largest absolute Gasteiger partial charge is 0.465 e. The van der Waals surface area contributed by atoms with Crippen molar-refractivity contribution >= 4 is 40.9 Å². The molecule has 1 aliphatic carbocycles. The molecule has 140 valence electrons. The van der Waals surface area contributed by atoms with Gasteiger partial charge in [0.05, 0.1) is 24.1 Å². The molecule has 2 N–H and O–H groups in total. The van der Waals surface area contributed by atoms with Gasteiger partial charge in [-0.3, -0.25) is 9.59 Å². The maximum Gasteiger partial charge on any atom is 0.339 e. The van der Waals surface area contributed by atoms with Crippen molar-refractivity contribution < 1.29 is 19.1 Å². The number of rotatable bonds is 7. The van der Waals surface area contributed by atoms with Gasteiger partial charge in [0.15, 0.2) is 0 Å². The van der Waals surface area contributed by atoms with E-state index in [2.05, 4.69) is 10.6 Å². The monoisotopic (exact) mass is 384 g/mol. The van der Waals surface area contributed by atoms with Crippen molar-refractivity contribution in [1.29, 1.82) is 0 Å². The lowest BCUT2D eigenvalue weighted by atomic mass is 10.2. The summed E-state index contributed by atoms with van der Waals surface area (Å²) in [5.74, 6) is -0.289. The number of carbonyl (C=O) groups is 3. The van der Waals surface area contributed by atoms with Crippen molar-refractivity contribution in [3.05, 3.63) is 54.1 Å². The number of thioether (sulfide) groups is 1. The summed E-state index contributed by atoms with van der Waals surface area (Å²) in [4.78, 5) is 36.6. The number of hydrogen-bond donors (Lipinski definition) is 2. The minimum Gasteiger partial charge on any atom is -0.465 e. The van der Waals surface area contributed by atoms with Crippen LogP contribution in [-0.2, 0) is 14.3 Å². The third-order valence-electron chi connectivity index (χ3n) is 4.05. The molecule has 2 aromatic carbocycles. The molecule has 3 rings (SSSR count). The van der Waals surface area contributed by atoms with Crippen molar-refractivity contribution in [1.82, 2.24) is 0 Å². The molecule has 2 amide bonds. The van der Waals surface area contributed by atoms with Crippen LogP contribution < -0.4 is 10.6 Å². The second-order valence-corrected chi connectivity index (χ2v) is 7.21. The highest BCUT2D eigenvalue weighted by Crippen LogP contribution is 2.30. The fraction of sp³-hybridized carbons (Fsp3) is 0.250. The average molecular weight is 384 g/mol. The molecule has 1 aliphatic rings. The summed E-state index contributed by atoms with van der Waals surface area (Å²) in [6, 6.07) is 14.1. The van der Waals surface area contributed by atoms with Gasteiger partial charge in [-0.2, -0.15) is 0 Å². The van der Waals surface area contributed by atoms with Crippen LogP contribution in [0.5, 0.6) is 0 Å². The van der Waals surface area contributed by atoms with Crippen molar-refractivity contribution in [3.63, 3.8) is 0 Å². The van der Waals surface area contributed by atoms with E-state index in [1.807, 2.05) is 24.3 Å². The van der Waals surface area contributed by atoms with Crippen molar-refractivity contribution in [2.24, 2.45) is 5.92 Å². The van der Waals surface area contributed by atoms with E-state index in [9.17, 15) is 14.4 Å². The number of esters is 1. The van der Waals surface area contributed by atoms with Gasteiger partial charge < -0.3 is 15.4 Å². The van der Waals surface area contributed by atoms with Crippen LogP contribution in [0.4, 0.5) is 11.4 Å². The summed E-state index contributed by atoms with van der Waals surface area (Å²) in [6.07, 6.45) is 1.93. The van der Waals surface area contributed by atoms with Crippen LogP contribution in [0.25, 0.3) is 0 Å². The predicted octanol–water partition coefficient (Wildman–Crippen LogP) is 3.55. The molecule has 27 heavy (non-hydrogen) atoms. The first-order valence-corrected chi connectivity index (χ1v) is 9.56. The Hall–Kier alpha value is -2.80. The highest BCUT2D eigenvalue weighted by atomic mass is 32.2. The smallest absolute Gasteiger partial charge is 0.339 e. The molecular formula is C20H20N2O4S. The van der Waals surface area contributed by atoms with Gasteiger partial charge in [-0.15, -0.1) is 11.8 Å². The molecule has 0 aliphatic heterocycles. The number of para-hydroxylation sites is 1. The average Bonchev–Trinajstić information content (AvgIpc) is 3.53. The van der Waals surface area contributed by atoms with Gasteiger partial charge in [0.1, 0.15) is 0 Å². The fourth-order valence-electron chi connectivity index (χ4n) is 2.44. The van der Waals surface area contributed by atoms with E-state index >= 15 is 0 Å². The first kappa shape index (κ1) is 19.0. The Balaban J connectivity index is 1.52. The van der Waals surface area contributed by atoms with Gasteiger partial charge in [0.2, 0.25) is 11.8 Å². The number of anilines is 2. The van der Waals surface area contributed by atoms with E-state index < -0.39 is 5.97 Å². The van der Waals surface area contributed by atoms with Crippen molar-refractivity contribution in [3.8, 4) is 0 Å². The molecule has 0 atom stereocenters. The van der Waals surface area contributed by atoms with Crippen molar-refractivity contribution in [2.75, 3.05) is 23.5 Å². The van der Waals surface area contributed by atoms with Gasteiger partial charge in [-0.1, -0.05) is 12.1 Å².